The average Bonchev–Trinajstić information content (AvgIpc) is 2.16. The van der Waals surface area contributed by atoms with Crippen molar-refractivity contribution < 1.29 is 0 Å². The summed E-state index contributed by atoms with van der Waals surface area (Å²) in [6, 6.07) is 8.19. The third kappa shape index (κ3) is 1.09. The zero-order chi connectivity index (χ0) is 9.38. The zero-order valence-electron chi connectivity index (χ0n) is 7.77. The van der Waals surface area contributed by atoms with Gasteiger partial charge in [-0.25, -0.2) is 9.97 Å². The van der Waals surface area contributed by atoms with E-state index in [9.17, 15) is 0 Å². The molecule has 70 valence electrons. The van der Waals surface area contributed by atoms with Crippen LogP contribution < -0.4 is 5.32 Å². The van der Waals surface area contributed by atoms with Crippen LogP contribution in [0.15, 0.2) is 30.6 Å². The summed E-state index contributed by atoms with van der Waals surface area (Å²) in [5, 5.41) is 4.46. The van der Waals surface area contributed by atoms with E-state index in [2.05, 4.69) is 21.4 Å². The number of rotatable bonds is 1. The Hall–Kier alpha value is -1.48. The molecule has 3 nitrogen and oxygen atoms in total. The van der Waals surface area contributed by atoms with E-state index in [1.54, 1.807) is 6.33 Å². The highest BCUT2D eigenvalue weighted by atomic mass is 15.0. The van der Waals surface area contributed by atoms with Crippen molar-refractivity contribution in [3.63, 3.8) is 0 Å². The van der Waals surface area contributed by atoms with Gasteiger partial charge in [-0.15, -0.1) is 0 Å². The fraction of sp³-hybridized carbons (Fsp3) is 0.273. The fourth-order valence-corrected chi connectivity index (χ4v) is 1.83. The van der Waals surface area contributed by atoms with Crippen molar-refractivity contribution in [1.82, 2.24) is 15.3 Å². The molecule has 0 aliphatic carbocycles. The summed E-state index contributed by atoms with van der Waals surface area (Å²) in [5.41, 5.74) is 2.23. The molecule has 2 aromatic rings. The van der Waals surface area contributed by atoms with Gasteiger partial charge >= 0.3 is 0 Å². The number of nitrogens with one attached hydrogen (secondary N) is 1. The van der Waals surface area contributed by atoms with Crippen molar-refractivity contribution in [2.45, 2.75) is 5.92 Å². The topological polar surface area (TPSA) is 37.8 Å². The molecule has 0 bridgehead atoms. The normalized spacial score (nSPS) is 16.9. The van der Waals surface area contributed by atoms with Crippen LogP contribution in [0.5, 0.6) is 0 Å². The Balaban J connectivity index is 2.22. The van der Waals surface area contributed by atoms with Gasteiger partial charge in [-0.3, -0.25) is 0 Å². The molecule has 0 unspecified atom stereocenters. The van der Waals surface area contributed by atoms with Gasteiger partial charge in [-0.1, -0.05) is 18.2 Å². The highest BCUT2D eigenvalue weighted by Gasteiger charge is 2.22. The van der Waals surface area contributed by atoms with Crippen LogP contribution in [0, 0.1) is 0 Å². The third-order valence-corrected chi connectivity index (χ3v) is 2.74. The Morgan fingerprint density at radius 3 is 2.79 bits per heavy atom. The van der Waals surface area contributed by atoms with E-state index in [0.717, 1.165) is 18.6 Å². The Labute approximate surface area is 82.2 Å². The smallest absolute Gasteiger partial charge is 0.116 e. The number of fused-ring (bicyclic) bond motifs is 1. The molecule has 1 aliphatic rings. The molecule has 2 heterocycles. The molecule has 14 heavy (non-hydrogen) atoms. The van der Waals surface area contributed by atoms with E-state index in [-0.39, 0.29) is 0 Å². The predicted octanol–water partition coefficient (Wildman–Crippen LogP) is 1.32. The van der Waals surface area contributed by atoms with Gasteiger partial charge in [0.2, 0.25) is 0 Å². The molecule has 0 spiro atoms. The van der Waals surface area contributed by atoms with Gasteiger partial charge in [0, 0.05) is 24.4 Å². The summed E-state index contributed by atoms with van der Waals surface area (Å²) in [7, 11) is 0. The van der Waals surface area contributed by atoms with Gasteiger partial charge in [0.05, 0.1) is 11.2 Å². The van der Waals surface area contributed by atoms with Gasteiger partial charge in [-0.2, -0.15) is 0 Å². The summed E-state index contributed by atoms with van der Waals surface area (Å²) >= 11 is 0. The van der Waals surface area contributed by atoms with Crippen LogP contribution in [0.25, 0.3) is 10.9 Å². The second kappa shape index (κ2) is 3.03. The monoisotopic (exact) mass is 185 g/mol. The minimum absolute atomic E-state index is 0.572. The Morgan fingerprint density at radius 2 is 2.00 bits per heavy atom. The fourth-order valence-electron chi connectivity index (χ4n) is 1.83. The van der Waals surface area contributed by atoms with E-state index in [4.69, 9.17) is 0 Å². The largest absolute Gasteiger partial charge is 0.315 e. The van der Waals surface area contributed by atoms with Crippen molar-refractivity contribution in [2.24, 2.45) is 0 Å². The highest BCUT2D eigenvalue weighted by molar-refractivity contribution is 5.81. The molecule has 1 N–H and O–H groups in total. The molecule has 1 fully saturated rings. The average molecular weight is 185 g/mol. The summed E-state index contributed by atoms with van der Waals surface area (Å²) in [6.07, 6.45) is 1.66. The number of para-hydroxylation sites is 1. The first-order valence-corrected chi connectivity index (χ1v) is 4.85. The Bertz CT molecular complexity index is 458. The molecule has 0 atom stereocenters. The molecule has 1 aliphatic heterocycles. The van der Waals surface area contributed by atoms with Crippen molar-refractivity contribution in [3.05, 3.63) is 36.3 Å². The summed E-state index contributed by atoms with van der Waals surface area (Å²) in [6.45, 7) is 2.09. The number of hydrogen-bond donors (Lipinski definition) is 1. The van der Waals surface area contributed by atoms with Crippen molar-refractivity contribution >= 4 is 10.9 Å². The molecule has 3 rings (SSSR count). The quantitative estimate of drug-likeness (QED) is 0.728. The molecule has 1 aromatic carbocycles. The van der Waals surface area contributed by atoms with Crippen LogP contribution >= 0.6 is 0 Å². The maximum atomic E-state index is 4.38. The van der Waals surface area contributed by atoms with E-state index < -0.39 is 0 Å². The summed E-state index contributed by atoms with van der Waals surface area (Å²) in [5.74, 6) is 0.572. The third-order valence-electron chi connectivity index (χ3n) is 2.74. The maximum Gasteiger partial charge on any atom is 0.116 e. The lowest BCUT2D eigenvalue weighted by Crippen LogP contribution is -2.40. The first-order valence-electron chi connectivity index (χ1n) is 4.85. The Kier molecular flexibility index (Phi) is 1.70. The molecule has 0 amide bonds. The van der Waals surface area contributed by atoms with Crippen LogP contribution in [0.1, 0.15) is 11.6 Å². The zero-order valence-corrected chi connectivity index (χ0v) is 7.77. The van der Waals surface area contributed by atoms with E-state index >= 15 is 0 Å². The molecule has 3 heteroatoms. The van der Waals surface area contributed by atoms with Gasteiger partial charge in [-0.05, 0) is 6.07 Å². The van der Waals surface area contributed by atoms with Gasteiger partial charge in [0.1, 0.15) is 6.33 Å². The van der Waals surface area contributed by atoms with Crippen molar-refractivity contribution in [1.29, 1.82) is 0 Å². The second-order valence-electron chi connectivity index (χ2n) is 3.63. The lowest BCUT2D eigenvalue weighted by Gasteiger charge is -2.27. The van der Waals surface area contributed by atoms with Crippen molar-refractivity contribution in [3.8, 4) is 0 Å². The minimum Gasteiger partial charge on any atom is -0.315 e. The van der Waals surface area contributed by atoms with E-state index in [0.29, 0.717) is 5.92 Å². The number of nitrogens with zero attached hydrogens (tertiary/aromatic N) is 2. The molecular formula is C11H11N3. The molecule has 0 saturated carbocycles. The molecule has 1 aromatic heterocycles. The number of benzene rings is 1. The van der Waals surface area contributed by atoms with Crippen molar-refractivity contribution in [2.75, 3.05) is 13.1 Å². The number of aromatic nitrogens is 2. The van der Waals surface area contributed by atoms with E-state index in [1.807, 2.05) is 18.2 Å². The standard InChI is InChI=1S/C11H11N3/c1-2-4-10-9(3-1)11(14-7-13-10)8-5-12-6-8/h1-4,7-8,12H,5-6H2. The lowest BCUT2D eigenvalue weighted by atomic mass is 9.96. The van der Waals surface area contributed by atoms with Crippen LogP contribution in [0.4, 0.5) is 0 Å². The van der Waals surface area contributed by atoms with Crippen LogP contribution in [-0.2, 0) is 0 Å². The van der Waals surface area contributed by atoms with Crippen LogP contribution in [0.3, 0.4) is 0 Å². The minimum atomic E-state index is 0.572. The first-order chi connectivity index (χ1) is 6.95. The maximum absolute atomic E-state index is 4.38. The molecule has 0 radical (unpaired) electrons. The molecule has 1 saturated heterocycles. The van der Waals surface area contributed by atoms with Gasteiger partial charge in [0.25, 0.3) is 0 Å². The highest BCUT2D eigenvalue weighted by Crippen LogP contribution is 2.24. The molecular weight excluding hydrogens is 174 g/mol. The van der Waals surface area contributed by atoms with E-state index in [1.165, 1.54) is 11.1 Å². The SMILES string of the molecule is c1ccc2c(C3CNC3)ncnc2c1. The predicted molar refractivity (Wildman–Crippen MR) is 55.1 cm³/mol. The summed E-state index contributed by atoms with van der Waals surface area (Å²) < 4.78 is 0. The Morgan fingerprint density at radius 1 is 1.14 bits per heavy atom. The number of hydrogen-bond acceptors (Lipinski definition) is 3. The summed E-state index contributed by atoms with van der Waals surface area (Å²) in [4.78, 5) is 8.63. The van der Waals surface area contributed by atoms with Crippen LogP contribution in [0.2, 0.25) is 0 Å². The second-order valence-corrected chi connectivity index (χ2v) is 3.63. The first kappa shape index (κ1) is 7.88. The lowest BCUT2D eigenvalue weighted by molar-refractivity contribution is 0.442. The van der Waals surface area contributed by atoms with Gasteiger partial charge < -0.3 is 5.32 Å². The van der Waals surface area contributed by atoms with Crippen LogP contribution in [-0.4, -0.2) is 23.1 Å². The van der Waals surface area contributed by atoms with Gasteiger partial charge in [0.15, 0.2) is 0 Å².